The molecule has 0 aliphatic rings. The molecule has 0 spiro atoms. The first-order valence-electron chi connectivity index (χ1n) is 10.2. The number of fused-ring (bicyclic) bond motifs is 5. The van der Waals surface area contributed by atoms with Crippen molar-refractivity contribution in [2.24, 2.45) is 7.05 Å². The van der Waals surface area contributed by atoms with Crippen molar-refractivity contribution in [3.8, 4) is 11.3 Å². The summed E-state index contributed by atoms with van der Waals surface area (Å²) in [4.78, 5) is 0. The fourth-order valence-electron chi connectivity index (χ4n) is 4.00. The topological polar surface area (TPSA) is 17.0 Å². The van der Waals surface area contributed by atoms with E-state index in [1.165, 1.54) is 5.39 Å². The molecule has 2 nitrogen and oxygen atoms in total. The molecular formula is C24H20NO+. The van der Waals surface area contributed by atoms with Gasteiger partial charge in [0.15, 0.2) is 6.20 Å². The lowest BCUT2D eigenvalue weighted by atomic mass is 9.93. The van der Waals surface area contributed by atoms with Gasteiger partial charge in [0.05, 0.1) is 5.56 Å². The van der Waals surface area contributed by atoms with Crippen LogP contribution in [0.2, 0.25) is 0 Å². The number of benzene rings is 3. The van der Waals surface area contributed by atoms with Crippen LogP contribution in [-0.2, 0) is 7.05 Å². The van der Waals surface area contributed by atoms with E-state index < -0.39 is 6.85 Å². The summed E-state index contributed by atoms with van der Waals surface area (Å²) in [6.45, 7) is -0.0363. The van der Waals surface area contributed by atoms with Crippen LogP contribution in [-0.4, -0.2) is 0 Å². The molecule has 0 N–H and O–H groups in total. The van der Waals surface area contributed by atoms with Crippen molar-refractivity contribution in [3.63, 3.8) is 0 Å². The molecule has 2 aromatic heterocycles. The van der Waals surface area contributed by atoms with E-state index in [2.05, 4.69) is 25.1 Å². The summed E-state index contributed by atoms with van der Waals surface area (Å²) in [5.74, 6) is 0. The Kier molecular flexibility index (Phi) is 2.56. The second-order valence-electron chi connectivity index (χ2n) is 6.76. The predicted octanol–water partition coefficient (Wildman–Crippen LogP) is 5.85. The third-order valence-electron chi connectivity index (χ3n) is 5.19. The van der Waals surface area contributed by atoms with E-state index in [4.69, 9.17) is 8.53 Å². The highest BCUT2D eigenvalue weighted by molar-refractivity contribution is 6.23. The summed E-state index contributed by atoms with van der Waals surface area (Å²) >= 11 is 0. The van der Waals surface area contributed by atoms with Crippen LogP contribution in [0.4, 0.5) is 0 Å². The van der Waals surface area contributed by atoms with Crippen molar-refractivity contribution in [2.75, 3.05) is 0 Å². The number of aromatic nitrogens is 1. The van der Waals surface area contributed by atoms with Crippen LogP contribution in [0.5, 0.6) is 0 Å². The zero-order valence-electron chi connectivity index (χ0n) is 17.7. The van der Waals surface area contributed by atoms with Gasteiger partial charge in [0.25, 0.3) is 0 Å². The monoisotopic (exact) mass is 341 g/mol. The Bertz CT molecular complexity index is 1410. The second-order valence-corrected chi connectivity index (χ2v) is 6.76. The van der Waals surface area contributed by atoms with Gasteiger partial charge in [-0.1, -0.05) is 42.5 Å². The van der Waals surface area contributed by atoms with E-state index >= 15 is 0 Å². The van der Waals surface area contributed by atoms with Crippen molar-refractivity contribution in [3.05, 3.63) is 78.0 Å². The first-order chi connectivity index (χ1) is 13.9. The zero-order chi connectivity index (χ0) is 20.3. The highest BCUT2D eigenvalue weighted by Crippen LogP contribution is 2.42. The minimum atomic E-state index is -2.14. The summed E-state index contributed by atoms with van der Waals surface area (Å²) in [6.07, 6.45) is 1.69. The largest absolute Gasteiger partial charge is 0.455 e. The third-order valence-corrected chi connectivity index (χ3v) is 5.19. The Hall–Kier alpha value is -3.13. The van der Waals surface area contributed by atoms with E-state index in [1.54, 1.807) is 12.3 Å². The van der Waals surface area contributed by atoms with Crippen molar-refractivity contribution >= 4 is 32.7 Å². The number of hydrogen-bond acceptors (Lipinski definition) is 1. The fourth-order valence-corrected chi connectivity index (χ4v) is 4.00. The Morgan fingerprint density at radius 3 is 2.38 bits per heavy atom. The number of pyridine rings is 1. The molecule has 0 aliphatic carbocycles. The van der Waals surface area contributed by atoms with Crippen LogP contribution < -0.4 is 4.57 Å². The molecule has 126 valence electrons. The van der Waals surface area contributed by atoms with Crippen LogP contribution in [0.15, 0.2) is 71.3 Å². The van der Waals surface area contributed by atoms with Gasteiger partial charge < -0.3 is 4.42 Å². The molecule has 0 bridgehead atoms. The van der Waals surface area contributed by atoms with Crippen LogP contribution in [0, 0.1) is 13.8 Å². The molecule has 0 saturated carbocycles. The van der Waals surface area contributed by atoms with Gasteiger partial charge in [0.1, 0.15) is 18.2 Å². The van der Waals surface area contributed by atoms with Gasteiger partial charge in [-0.05, 0) is 42.2 Å². The summed E-state index contributed by atoms with van der Waals surface area (Å²) in [5.41, 5.74) is 5.04. The minimum absolute atomic E-state index is 0.322. The number of nitrogens with zero attached hydrogens (tertiary/aromatic N) is 1. The fraction of sp³-hybridized carbons (Fsp3) is 0.125. The van der Waals surface area contributed by atoms with E-state index in [9.17, 15) is 0 Å². The number of furan rings is 1. The Morgan fingerprint density at radius 2 is 1.62 bits per heavy atom. The summed E-state index contributed by atoms with van der Waals surface area (Å²) in [7, 11) is 1.88. The van der Waals surface area contributed by atoms with E-state index in [0.717, 1.165) is 44.1 Å². The summed E-state index contributed by atoms with van der Waals surface area (Å²) in [6, 6.07) is 20.0. The maximum absolute atomic E-state index is 7.70. The standard InChI is InChI=1S/C24H20NO/c1-15-12-13-20(25(3)14-15)22-16(2)17-8-4-5-9-18(17)23-19-10-6-7-11-21(19)26-24(22)23/h4-14H,1-3H3/q+1/i1D3. The molecule has 2 heteroatoms. The molecule has 0 fully saturated rings. The van der Waals surface area contributed by atoms with Gasteiger partial charge in [-0.15, -0.1) is 0 Å². The molecule has 2 heterocycles. The van der Waals surface area contributed by atoms with Gasteiger partial charge in [-0.3, -0.25) is 0 Å². The molecule has 3 aromatic carbocycles. The van der Waals surface area contributed by atoms with E-state index in [-0.39, 0.29) is 0 Å². The smallest absolute Gasteiger partial charge is 0.216 e. The van der Waals surface area contributed by atoms with Gasteiger partial charge in [-0.25, -0.2) is 4.57 Å². The first kappa shape index (κ1) is 12.3. The number of aryl methyl sites for hydroxylation is 3. The average molecular weight is 341 g/mol. The molecule has 0 amide bonds. The maximum Gasteiger partial charge on any atom is 0.216 e. The lowest BCUT2D eigenvalue weighted by molar-refractivity contribution is -0.660. The lowest BCUT2D eigenvalue weighted by Gasteiger charge is -2.10. The molecular weight excluding hydrogens is 318 g/mol. The number of rotatable bonds is 1. The van der Waals surface area contributed by atoms with Gasteiger partial charge in [-0.2, -0.15) is 0 Å². The molecule has 0 unspecified atom stereocenters. The van der Waals surface area contributed by atoms with Gasteiger partial charge in [0.2, 0.25) is 5.69 Å². The van der Waals surface area contributed by atoms with Crippen LogP contribution in [0.3, 0.4) is 0 Å². The van der Waals surface area contributed by atoms with Crippen molar-refractivity contribution in [1.82, 2.24) is 0 Å². The Balaban J connectivity index is 1.95. The third kappa shape index (κ3) is 2.02. The summed E-state index contributed by atoms with van der Waals surface area (Å²) in [5, 5.41) is 4.51. The number of hydrogen-bond donors (Lipinski definition) is 0. The zero-order valence-corrected chi connectivity index (χ0v) is 14.7. The SMILES string of the molecule is [2H]C([2H])([2H])c1ccc(-c2c(C)c3ccccc3c3c2oc2ccccc23)[n+](C)c1. The van der Waals surface area contributed by atoms with Crippen LogP contribution >= 0.6 is 0 Å². The molecule has 0 atom stereocenters. The molecule has 0 saturated heterocycles. The Morgan fingerprint density at radius 1 is 0.885 bits per heavy atom. The maximum atomic E-state index is 7.70. The quantitative estimate of drug-likeness (QED) is 0.350. The van der Waals surface area contributed by atoms with E-state index in [0.29, 0.717) is 5.56 Å². The first-order valence-corrected chi connectivity index (χ1v) is 8.69. The molecule has 0 radical (unpaired) electrons. The van der Waals surface area contributed by atoms with Gasteiger partial charge in [0, 0.05) is 26.5 Å². The second kappa shape index (κ2) is 5.43. The van der Waals surface area contributed by atoms with E-state index in [1.807, 2.05) is 48.0 Å². The highest BCUT2D eigenvalue weighted by atomic mass is 16.3. The molecule has 5 rings (SSSR count). The average Bonchev–Trinajstić information content (AvgIpc) is 3.07. The normalized spacial score (nSPS) is 13.8. The molecule has 0 aliphatic heterocycles. The molecule has 5 aromatic rings. The van der Waals surface area contributed by atoms with Crippen molar-refractivity contribution in [2.45, 2.75) is 13.8 Å². The van der Waals surface area contributed by atoms with Crippen LogP contribution in [0.1, 0.15) is 15.2 Å². The lowest BCUT2D eigenvalue weighted by Crippen LogP contribution is -2.31. The highest BCUT2D eigenvalue weighted by Gasteiger charge is 2.23. The summed E-state index contributed by atoms with van der Waals surface area (Å²) < 4.78 is 31.3. The van der Waals surface area contributed by atoms with Gasteiger partial charge >= 0.3 is 0 Å². The molecule has 26 heavy (non-hydrogen) atoms. The Labute approximate surface area is 156 Å². The minimum Gasteiger partial charge on any atom is -0.455 e. The number of para-hydroxylation sites is 1. The van der Waals surface area contributed by atoms with Crippen molar-refractivity contribution < 1.29 is 13.1 Å². The van der Waals surface area contributed by atoms with Crippen LogP contribution in [0.25, 0.3) is 44.0 Å². The van der Waals surface area contributed by atoms with Crippen molar-refractivity contribution in [1.29, 1.82) is 0 Å². The predicted molar refractivity (Wildman–Crippen MR) is 107 cm³/mol.